The van der Waals surface area contributed by atoms with Crippen LogP contribution in [0.4, 0.5) is 0 Å². The molecule has 0 saturated heterocycles. The van der Waals surface area contributed by atoms with E-state index in [2.05, 4.69) is 20.8 Å². The number of benzene rings is 1. The molecule has 3 heterocycles. The first-order chi connectivity index (χ1) is 14.9. The SMILES string of the molecule is COCc1c(C(C)(O)C(=O)O)cc2n(c1=O)Cc1c-2nc2c(C)c(C)c(C)c(C)c2c1C. The topological polar surface area (TPSA) is 102 Å². The third-order valence-corrected chi connectivity index (χ3v) is 7.18. The zero-order valence-corrected chi connectivity index (χ0v) is 19.5. The summed E-state index contributed by atoms with van der Waals surface area (Å²) >= 11 is 0. The first-order valence-corrected chi connectivity index (χ1v) is 10.5. The highest BCUT2D eigenvalue weighted by Gasteiger charge is 2.38. The maximum Gasteiger partial charge on any atom is 0.340 e. The van der Waals surface area contributed by atoms with Crippen molar-refractivity contribution in [2.24, 2.45) is 0 Å². The van der Waals surface area contributed by atoms with Crippen LogP contribution in [0.25, 0.3) is 22.3 Å². The molecule has 0 radical (unpaired) electrons. The van der Waals surface area contributed by atoms with Crippen molar-refractivity contribution in [3.8, 4) is 11.4 Å². The second kappa shape index (κ2) is 7.25. The minimum atomic E-state index is -2.24. The van der Waals surface area contributed by atoms with E-state index in [-0.39, 0.29) is 23.3 Å². The van der Waals surface area contributed by atoms with Crippen LogP contribution in [-0.2, 0) is 28.3 Å². The van der Waals surface area contributed by atoms with E-state index >= 15 is 0 Å². The number of aromatic nitrogens is 2. The lowest BCUT2D eigenvalue weighted by Gasteiger charge is -2.23. The van der Waals surface area contributed by atoms with Crippen molar-refractivity contribution in [3.63, 3.8) is 0 Å². The Hall–Kier alpha value is -3.03. The van der Waals surface area contributed by atoms with Crippen molar-refractivity contribution in [2.75, 3.05) is 7.11 Å². The van der Waals surface area contributed by atoms with Crippen LogP contribution in [-0.4, -0.2) is 32.8 Å². The average molecular weight is 437 g/mol. The summed E-state index contributed by atoms with van der Waals surface area (Å²) in [4.78, 5) is 30.2. The normalized spacial score (nSPS) is 14.4. The van der Waals surface area contributed by atoms with E-state index in [1.807, 2.05) is 13.8 Å². The number of ether oxygens (including phenoxy) is 1. The van der Waals surface area contributed by atoms with E-state index in [0.717, 1.165) is 27.6 Å². The zero-order valence-electron chi connectivity index (χ0n) is 19.5. The van der Waals surface area contributed by atoms with Gasteiger partial charge in [0.25, 0.3) is 5.56 Å². The molecule has 0 fully saturated rings. The molecular formula is C25H28N2O5. The number of aliphatic hydroxyl groups is 1. The molecule has 1 aliphatic rings. The molecule has 0 spiro atoms. The number of aliphatic carboxylic acids is 1. The fourth-order valence-corrected chi connectivity index (χ4v) is 4.84. The molecule has 2 N–H and O–H groups in total. The third-order valence-electron chi connectivity index (χ3n) is 7.18. The highest BCUT2D eigenvalue weighted by molar-refractivity contribution is 5.94. The number of carboxylic acids is 1. The molecule has 2 aromatic heterocycles. The Labute approximate surface area is 186 Å². The van der Waals surface area contributed by atoms with Gasteiger partial charge < -0.3 is 19.5 Å². The molecular weight excluding hydrogens is 408 g/mol. The van der Waals surface area contributed by atoms with Crippen LogP contribution in [0.15, 0.2) is 10.9 Å². The van der Waals surface area contributed by atoms with Crippen molar-refractivity contribution in [1.29, 1.82) is 0 Å². The monoisotopic (exact) mass is 436 g/mol. The van der Waals surface area contributed by atoms with E-state index in [0.29, 0.717) is 17.9 Å². The molecule has 3 aromatic rings. The first kappa shape index (κ1) is 22.2. The molecule has 0 bridgehead atoms. The lowest BCUT2D eigenvalue weighted by Crippen LogP contribution is -2.37. The van der Waals surface area contributed by atoms with Gasteiger partial charge in [-0.15, -0.1) is 0 Å². The van der Waals surface area contributed by atoms with Crippen molar-refractivity contribution < 1.29 is 19.7 Å². The lowest BCUT2D eigenvalue weighted by molar-refractivity contribution is -0.157. The van der Waals surface area contributed by atoms with Crippen LogP contribution in [0.2, 0.25) is 0 Å². The molecule has 1 unspecified atom stereocenters. The maximum absolute atomic E-state index is 13.4. The van der Waals surface area contributed by atoms with Crippen LogP contribution in [0.5, 0.6) is 0 Å². The fourth-order valence-electron chi connectivity index (χ4n) is 4.84. The number of nitrogens with zero attached hydrogens (tertiary/aromatic N) is 2. The van der Waals surface area contributed by atoms with E-state index in [4.69, 9.17) is 9.72 Å². The molecule has 0 amide bonds. The summed E-state index contributed by atoms with van der Waals surface area (Å²) in [6, 6.07) is 1.58. The lowest BCUT2D eigenvalue weighted by atomic mass is 9.89. The van der Waals surface area contributed by atoms with Crippen LogP contribution in [0.1, 0.15) is 51.4 Å². The number of methoxy groups -OCH3 is 1. The van der Waals surface area contributed by atoms with Crippen LogP contribution >= 0.6 is 0 Å². The highest BCUT2D eigenvalue weighted by atomic mass is 16.5. The number of carbonyl (C=O) groups is 1. The molecule has 1 aromatic carbocycles. The molecule has 32 heavy (non-hydrogen) atoms. The third kappa shape index (κ3) is 2.84. The van der Waals surface area contributed by atoms with Crippen LogP contribution in [0.3, 0.4) is 0 Å². The number of aryl methyl sites for hydroxylation is 3. The maximum atomic E-state index is 13.4. The number of hydrogen-bond donors (Lipinski definition) is 2. The summed E-state index contributed by atoms with van der Waals surface area (Å²) in [7, 11) is 1.43. The van der Waals surface area contributed by atoms with E-state index in [1.54, 1.807) is 10.6 Å². The molecule has 1 atom stereocenters. The van der Waals surface area contributed by atoms with E-state index < -0.39 is 11.6 Å². The molecule has 7 heteroatoms. The molecule has 168 valence electrons. The van der Waals surface area contributed by atoms with Gasteiger partial charge in [0, 0.05) is 29.2 Å². The molecule has 1 aliphatic heterocycles. The summed E-state index contributed by atoms with van der Waals surface area (Å²) in [6.45, 7) is 11.8. The summed E-state index contributed by atoms with van der Waals surface area (Å²) < 4.78 is 6.77. The predicted molar refractivity (Wildman–Crippen MR) is 122 cm³/mol. The number of pyridine rings is 2. The van der Waals surface area contributed by atoms with Crippen LogP contribution < -0.4 is 5.56 Å². The van der Waals surface area contributed by atoms with Crippen molar-refractivity contribution in [1.82, 2.24) is 9.55 Å². The largest absolute Gasteiger partial charge is 0.479 e. The van der Waals surface area contributed by atoms with Gasteiger partial charge >= 0.3 is 5.97 Å². The minimum Gasteiger partial charge on any atom is -0.479 e. The van der Waals surface area contributed by atoms with Gasteiger partial charge in [-0.1, -0.05) is 0 Å². The molecule has 0 aliphatic carbocycles. The van der Waals surface area contributed by atoms with Crippen molar-refractivity contribution in [3.05, 3.63) is 60.9 Å². The Balaban J connectivity index is 2.12. The summed E-state index contributed by atoms with van der Waals surface area (Å²) in [5, 5.41) is 21.4. The number of fused-ring (bicyclic) bond motifs is 4. The minimum absolute atomic E-state index is 0.0310. The van der Waals surface area contributed by atoms with Gasteiger partial charge in [-0.05, 0) is 75.4 Å². The van der Waals surface area contributed by atoms with Gasteiger partial charge in [-0.25, -0.2) is 9.78 Å². The first-order valence-electron chi connectivity index (χ1n) is 10.5. The molecule has 7 nitrogen and oxygen atoms in total. The van der Waals surface area contributed by atoms with Crippen molar-refractivity contribution >= 4 is 16.9 Å². The average Bonchev–Trinajstić information content (AvgIpc) is 3.11. The number of carboxylic acid groups (broad SMARTS) is 1. The zero-order chi connectivity index (χ0) is 23.7. The van der Waals surface area contributed by atoms with Gasteiger partial charge in [0.05, 0.1) is 30.1 Å². The summed E-state index contributed by atoms with van der Waals surface area (Å²) in [5.41, 5.74) is 6.30. The van der Waals surface area contributed by atoms with E-state index in [1.165, 1.54) is 30.7 Å². The fraction of sp³-hybridized carbons (Fsp3) is 0.400. The van der Waals surface area contributed by atoms with Gasteiger partial charge in [0.1, 0.15) is 0 Å². The number of rotatable bonds is 4. The Morgan fingerprint density at radius 3 is 2.34 bits per heavy atom. The second-order valence-electron chi connectivity index (χ2n) is 8.91. The standard InChI is InChI=1S/C25H28N2O5/c1-11-12(2)14(4)21-20(13(11)3)15(5)16-9-27-19(22(16)26-21)8-18(25(6,31)24(29)30)17(10-32-7)23(27)28/h8,31H,9-10H2,1-7H3,(H,29,30). The van der Waals surface area contributed by atoms with Gasteiger partial charge in [0.15, 0.2) is 5.60 Å². The quantitative estimate of drug-likeness (QED) is 0.508. The Morgan fingerprint density at radius 2 is 1.75 bits per heavy atom. The highest BCUT2D eigenvalue weighted by Crippen LogP contribution is 2.40. The van der Waals surface area contributed by atoms with Gasteiger partial charge in [-0.3, -0.25) is 4.79 Å². The molecule has 0 saturated carbocycles. The van der Waals surface area contributed by atoms with Gasteiger partial charge in [-0.2, -0.15) is 0 Å². The summed E-state index contributed by atoms with van der Waals surface area (Å²) in [5.74, 6) is -1.43. The smallest absolute Gasteiger partial charge is 0.340 e. The molecule has 4 rings (SSSR count). The van der Waals surface area contributed by atoms with Crippen molar-refractivity contribution in [2.45, 2.75) is 60.3 Å². The number of hydrogen-bond acceptors (Lipinski definition) is 5. The Kier molecular flexibility index (Phi) is 5.02. The predicted octanol–water partition coefficient (Wildman–Crippen LogP) is 3.41. The van der Waals surface area contributed by atoms with E-state index in [9.17, 15) is 19.8 Å². The van der Waals surface area contributed by atoms with Gasteiger partial charge in [0.2, 0.25) is 0 Å². The second-order valence-corrected chi connectivity index (χ2v) is 8.91. The van der Waals surface area contributed by atoms with Crippen LogP contribution in [0, 0.1) is 34.6 Å². The Bertz CT molecular complexity index is 1380. The summed E-state index contributed by atoms with van der Waals surface area (Å²) in [6.07, 6.45) is 0. The Morgan fingerprint density at radius 1 is 1.12 bits per heavy atom.